The van der Waals surface area contributed by atoms with Crippen LogP contribution in [0.15, 0.2) is 18.2 Å². The van der Waals surface area contributed by atoms with E-state index in [4.69, 9.17) is 4.74 Å². The summed E-state index contributed by atoms with van der Waals surface area (Å²) in [5.41, 5.74) is 2.73. The topological polar surface area (TPSA) is 48.6 Å². The second-order valence-electron chi connectivity index (χ2n) is 6.17. The summed E-state index contributed by atoms with van der Waals surface area (Å²) in [5, 5.41) is 0.957. The van der Waals surface area contributed by atoms with E-state index in [9.17, 15) is 4.79 Å². The van der Waals surface area contributed by atoms with Gasteiger partial charge in [0.1, 0.15) is 5.75 Å². The highest BCUT2D eigenvalue weighted by Gasteiger charge is 2.22. The van der Waals surface area contributed by atoms with Gasteiger partial charge in [0, 0.05) is 48.3 Å². The first-order valence-electron chi connectivity index (χ1n) is 8.26. The lowest BCUT2D eigenvalue weighted by atomic mass is 10.1. The number of Topliss-reactive ketones (excluding diaryl/α,β-unsaturated/α-hetero) is 1. The maximum atomic E-state index is 12.8. The second-order valence-corrected chi connectivity index (χ2v) is 6.17. The fraction of sp³-hybridized carbons (Fsp3) is 0.500. The van der Waals surface area contributed by atoms with Crippen molar-refractivity contribution in [2.24, 2.45) is 0 Å². The molecule has 124 valence electrons. The first kappa shape index (κ1) is 16.0. The lowest BCUT2D eigenvalue weighted by Gasteiger charge is -2.33. The van der Waals surface area contributed by atoms with Crippen LogP contribution in [-0.4, -0.2) is 66.9 Å². The molecule has 1 aliphatic heterocycles. The van der Waals surface area contributed by atoms with Gasteiger partial charge in [-0.25, -0.2) is 0 Å². The molecular formula is C18H25N3O2. The molecule has 2 aromatic rings. The van der Waals surface area contributed by atoms with E-state index in [-0.39, 0.29) is 5.78 Å². The van der Waals surface area contributed by atoms with Gasteiger partial charge in [-0.15, -0.1) is 0 Å². The van der Waals surface area contributed by atoms with Gasteiger partial charge in [-0.2, -0.15) is 0 Å². The summed E-state index contributed by atoms with van der Waals surface area (Å²) in [6.07, 6.45) is 0. The van der Waals surface area contributed by atoms with Crippen LogP contribution in [0.3, 0.4) is 0 Å². The summed E-state index contributed by atoms with van der Waals surface area (Å²) < 4.78 is 5.30. The molecule has 0 spiro atoms. The predicted molar refractivity (Wildman–Crippen MR) is 92.5 cm³/mol. The highest BCUT2D eigenvalue weighted by Crippen LogP contribution is 2.27. The van der Waals surface area contributed by atoms with E-state index in [1.54, 1.807) is 7.11 Å². The summed E-state index contributed by atoms with van der Waals surface area (Å²) in [6, 6.07) is 5.83. The van der Waals surface area contributed by atoms with E-state index < -0.39 is 0 Å². The zero-order valence-corrected chi connectivity index (χ0v) is 14.2. The third-order valence-corrected chi connectivity index (χ3v) is 4.75. The average molecular weight is 315 g/mol. The highest BCUT2D eigenvalue weighted by atomic mass is 16.5. The van der Waals surface area contributed by atoms with Crippen molar-refractivity contribution < 1.29 is 9.53 Å². The minimum absolute atomic E-state index is 0.187. The molecule has 5 nitrogen and oxygen atoms in total. The van der Waals surface area contributed by atoms with E-state index in [1.807, 2.05) is 25.1 Å². The molecule has 5 heteroatoms. The van der Waals surface area contributed by atoms with Crippen molar-refractivity contribution in [2.45, 2.75) is 13.8 Å². The van der Waals surface area contributed by atoms with Crippen molar-refractivity contribution in [3.05, 3.63) is 29.5 Å². The summed E-state index contributed by atoms with van der Waals surface area (Å²) >= 11 is 0. The number of ether oxygens (including phenoxy) is 1. The van der Waals surface area contributed by atoms with Gasteiger partial charge in [-0.3, -0.25) is 9.69 Å². The van der Waals surface area contributed by atoms with E-state index in [0.717, 1.165) is 60.6 Å². The monoisotopic (exact) mass is 315 g/mol. The number of hydrogen-bond acceptors (Lipinski definition) is 4. The van der Waals surface area contributed by atoms with Crippen molar-refractivity contribution in [1.29, 1.82) is 0 Å². The second kappa shape index (κ2) is 6.72. The maximum absolute atomic E-state index is 12.8. The molecule has 3 rings (SSSR count). The Morgan fingerprint density at radius 2 is 1.91 bits per heavy atom. The average Bonchev–Trinajstić information content (AvgIpc) is 2.90. The van der Waals surface area contributed by atoms with E-state index in [0.29, 0.717) is 6.54 Å². The number of methoxy groups -OCH3 is 1. The van der Waals surface area contributed by atoms with Gasteiger partial charge in [-0.1, -0.05) is 6.92 Å². The number of nitrogens with zero attached hydrogens (tertiary/aromatic N) is 2. The molecule has 0 bridgehead atoms. The van der Waals surface area contributed by atoms with Crippen LogP contribution in [0.25, 0.3) is 10.9 Å². The molecular weight excluding hydrogens is 290 g/mol. The first-order chi connectivity index (χ1) is 11.1. The van der Waals surface area contributed by atoms with E-state index in [1.165, 1.54) is 0 Å². The summed E-state index contributed by atoms with van der Waals surface area (Å²) in [6.45, 7) is 9.74. The Morgan fingerprint density at radius 1 is 1.22 bits per heavy atom. The number of fused-ring (bicyclic) bond motifs is 1. The molecule has 0 unspecified atom stereocenters. The third-order valence-electron chi connectivity index (χ3n) is 4.75. The zero-order valence-electron chi connectivity index (χ0n) is 14.2. The number of aromatic nitrogens is 1. The molecule has 0 radical (unpaired) electrons. The molecule has 0 amide bonds. The van der Waals surface area contributed by atoms with Crippen LogP contribution >= 0.6 is 0 Å². The summed E-state index contributed by atoms with van der Waals surface area (Å²) in [5.74, 6) is 0.967. The number of carbonyl (C=O) groups excluding carboxylic acids is 1. The van der Waals surface area contributed by atoms with Gasteiger partial charge < -0.3 is 14.6 Å². The largest absolute Gasteiger partial charge is 0.497 e. The number of benzene rings is 1. The van der Waals surface area contributed by atoms with Crippen LogP contribution in [0.2, 0.25) is 0 Å². The number of ketones is 1. The first-order valence-corrected chi connectivity index (χ1v) is 8.26. The number of H-pyrrole nitrogens is 1. The molecule has 1 aliphatic rings. The van der Waals surface area contributed by atoms with Gasteiger partial charge in [0.15, 0.2) is 5.78 Å². The standard InChI is InChI=1S/C18H25N3O2/c1-4-20-7-9-21(10-8-20)12-17(22)18-13(2)19-16-6-5-14(23-3)11-15(16)18/h5-6,11,19H,4,7-10,12H2,1-3H3. The minimum Gasteiger partial charge on any atom is -0.497 e. The molecule has 1 saturated heterocycles. The van der Waals surface area contributed by atoms with Crippen molar-refractivity contribution in [3.63, 3.8) is 0 Å². The Balaban J connectivity index is 1.79. The predicted octanol–water partition coefficient (Wildman–Crippen LogP) is 2.31. The Bertz CT molecular complexity index is 700. The van der Waals surface area contributed by atoms with Gasteiger partial charge in [0.25, 0.3) is 0 Å². The SMILES string of the molecule is CCN1CCN(CC(=O)c2c(C)[nH]c3ccc(OC)cc23)CC1. The van der Waals surface area contributed by atoms with Crippen molar-refractivity contribution in [1.82, 2.24) is 14.8 Å². The molecule has 0 atom stereocenters. The summed E-state index contributed by atoms with van der Waals surface area (Å²) in [4.78, 5) is 20.8. The molecule has 1 N–H and O–H groups in total. The number of rotatable bonds is 5. The number of carbonyl (C=O) groups is 1. The van der Waals surface area contributed by atoms with Gasteiger partial charge >= 0.3 is 0 Å². The molecule has 1 aromatic carbocycles. The van der Waals surface area contributed by atoms with Crippen LogP contribution in [0, 0.1) is 6.92 Å². The van der Waals surface area contributed by atoms with Crippen molar-refractivity contribution in [2.75, 3.05) is 46.4 Å². The molecule has 1 fully saturated rings. The number of nitrogens with one attached hydrogen (secondary N) is 1. The van der Waals surface area contributed by atoms with Crippen LogP contribution in [0.5, 0.6) is 5.75 Å². The molecule has 0 saturated carbocycles. The van der Waals surface area contributed by atoms with Crippen LogP contribution in [0.4, 0.5) is 0 Å². The van der Waals surface area contributed by atoms with Crippen molar-refractivity contribution in [3.8, 4) is 5.75 Å². The quantitative estimate of drug-likeness (QED) is 0.860. The van der Waals surface area contributed by atoms with Gasteiger partial charge in [0.05, 0.1) is 13.7 Å². The Labute approximate surface area is 137 Å². The van der Waals surface area contributed by atoms with E-state index in [2.05, 4.69) is 21.7 Å². The van der Waals surface area contributed by atoms with Gasteiger partial charge in [-0.05, 0) is 31.7 Å². The van der Waals surface area contributed by atoms with Crippen LogP contribution in [0.1, 0.15) is 23.0 Å². The lowest BCUT2D eigenvalue weighted by molar-refractivity contribution is 0.0860. The van der Waals surface area contributed by atoms with Crippen molar-refractivity contribution >= 4 is 16.7 Å². The van der Waals surface area contributed by atoms with E-state index >= 15 is 0 Å². The minimum atomic E-state index is 0.187. The van der Waals surface area contributed by atoms with Crippen LogP contribution < -0.4 is 4.74 Å². The van der Waals surface area contributed by atoms with Gasteiger partial charge in [0.2, 0.25) is 0 Å². The number of likely N-dealkylation sites (N-methyl/N-ethyl adjacent to an activating group) is 1. The van der Waals surface area contributed by atoms with Crippen LogP contribution in [-0.2, 0) is 0 Å². The number of piperazine rings is 1. The lowest BCUT2D eigenvalue weighted by Crippen LogP contribution is -2.47. The molecule has 2 heterocycles. The Kier molecular flexibility index (Phi) is 4.68. The fourth-order valence-electron chi connectivity index (χ4n) is 3.34. The Hall–Kier alpha value is -1.85. The number of hydrogen-bond donors (Lipinski definition) is 1. The summed E-state index contributed by atoms with van der Waals surface area (Å²) in [7, 11) is 1.65. The molecule has 23 heavy (non-hydrogen) atoms. The normalized spacial score (nSPS) is 16.8. The molecule has 1 aromatic heterocycles. The zero-order chi connectivity index (χ0) is 16.4. The number of aromatic amines is 1. The fourth-order valence-corrected chi connectivity index (χ4v) is 3.34. The smallest absolute Gasteiger partial charge is 0.179 e. The third kappa shape index (κ3) is 3.26. The number of aryl methyl sites for hydroxylation is 1. The Morgan fingerprint density at radius 3 is 2.57 bits per heavy atom. The maximum Gasteiger partial charge on any atom is 0.179 e. The highest BCUT2D eigenvalue weighted by molar-refractivity contribution is 6.10. The molecule has 0 aliphatic carbocycles.